The van der Waals surface area contributed by atoms with Crippen LogP contribution in [0, 0.1) is 0 Å². The molecule has 0 heterocycles. The Balaban J connectivity index is 3.46. The summed E-state index contributed by atoms with van der Waals surface area (Å²) in [7, 11) is 0. The summed E-state index contributed by atoms with van der Waals surface area (Å²) < 4.78 is 0. The van der Waals surface area contributed by atoms with Crippen molar-refractivity contribution in [1.29, 1.82) is 0 Å². The highest BCUT2D eigenvalue weighted by atomic mass is 32.2. The van der Waals surface area contributed by atoms with Crippen molar-refractivity contribution in [3.8, 4) is 0 Å². The minimum absolute atomic E-state index is 0.0347. The van der Waals surface area contributed by atoms with Crippen LogP contribution in [0.4, 0.5) is 0 Å². The van der Waals surface area contributed by atoms with Gasteiger partial charge >= 0.3 is 0 Å². The van der Waals surface area contributed by atoms with E-state index in [1.165, 1.54) is 11.8 Å². The Kier molecular flexibility index (Phi) is 5.33. The quantitative estimate of drug-likeness (QED) is 0.599. The van der Waals surface area contributed by atoms with Crippen molar-refractivity contribution in [2.45, 2.75) is 13.0 Å². The van der Waals surface area contributed by atoms with Crippen molar-refractivity contribution in [2.75, 3.05) is 11.5 Å². The lowest BCUT2D eigenvalue weighted by molar-refractivity contribution is -0.111. The number of hydrogen-bond donors (Lipinski definition) is 2. The first-order chi connectivity index (χ1) is 4.22. The summed E-state index contributed by atoms with van der Waals surface area (Å²) in [5.74, 6) is 1.23. The van der Waals surface area contributed by atoms with E-state index in [1.54, 1.807) is 0 Å². The van der Waals surface area contributed by atoms with Crippen LogP contribution >= 0.6 is 24.4 Å². The standard InChI is InChI=1S/C5H11NOS2/c1-2-9-5(7)4(6)3-8/h4,8H,2-3,6H2,1H3/t4-/m0/s1. The number of carbonyl (C=O) groups is 1. The Labute approximate surface area is 65.0 Å². The second-order valence-corrected chi connectivity index (χ2v) is 3.17. The average Bonchev–Trinajstić information content (AvgIpc) is 1.87. The van der Waals surface area contributed by atoms with Crippen LogP contribution in [0.3, 0.4) is 0 Å². The summed E-state index contributed by atoms with van der Waals surface area (Å²) in [6.07, 6.45) is 0. The molecule has 0 aliphatic rings. The number of carbonyl (C=O) groups excluding carboxylic acids is 1. The molecule has 0 saturated heterocycles. The molecule has 4 heteroatoms. The molecule has 0 aromatic carbocycles. The van der Waals surface area contributed by atoms with Gasteiger partial charge in [0.05, 0.1) is 6.04 Å². The van der Waals surface area contributed by atoms with Gasteiger partial charge in [-0.1, -0.05) is 18.7 Å². The van der Waals surface area contributed by atoms with Crippen molar-refractivity contribution < 1.29 is 4.79 Å². The third-order valence-corrected chi connectivity index (χ3v) is 2.06. The van der Waals surface area contributed by atoms with E-state index in [0.717, 1.165) is 5.75 Å². The van der Waals surface area contributed by atoms with Crippen molar-refractivity contribution >= 4 is 29.5 Å². The lowest BCUT2D eigenvalue weighted by atomic mass is 10.4. The summed E-state index contributed by atoms with van der Waals surface area (Å²) in [6, 6.07) is -0.390. The molecule has 9 heavy (non-hydrogen) atoms. The monoisotopic (exact) mass is 165 g/mol. The van der Waals surface area contributed by atoms with E-state index in [1.807, 2.05) is 6.92 Å². The number of thiol groups is 1. The second kappa shape index (κ2) is 5.14. The molecule has 1 atom stereocenters. The van der Waals surface area contributed by atoms with Crippen LogP contribution in [0.2, 0.25) is 0 Å². The van der Waals surface area contributed by atoms with Crippen molar-refractivity contribution in [3.63, 3.8) is 0 Å². The molecule has 0 rings (SSSR count). The molecule has 0 aromatic rings. The Bertz CT molecular complexity index is 97.0. The van der Waals surface area contributed by atoms with Crippen LogP contribution in [0.15, 0.2) is 0 Å². The van der Waals surface area contributed by atoms with E-state index >= 15 is 0 Å². The Hall–Kier alpha value is 0.330. The van der Waals surface area contributed by atoms with E-state index in [9.17, 15) is 4.79 Å². The molecule has 0 unspecified atom stereocenters. The molecule has 0 aliphatic carbocycles. The third kappa shape index (κ3) is 3.83. The van der Waals surface area contributed by atoms with Crippen molar-refractivity contribution in [3.05, 3.63) is 0 Å². The van der Waals surface area contributed by atoms with Crippen LogP contribution in [0.25, 0.3) is 0 Å². The van der Waals surface area contributed by atoms with Gasteiger partial charge in [-0.2, -0.15) is 12.6 Å². The van der Waals surface area contributed by atoms with Gasteiger partial charge in [-0.25, -0.2) is 0 Å². The molecule has 0 saturated carbocycles. The Morgan fingerprint density at radius 2 is 2.44 bits per heavy atom. The molecule has 2 nitrogen and oxygen atoms in total. The van der Waals surface area contributed by atoms with Gasteiger partial charge < -0.3 is 5.73 Å². The minimum atomic E-state index is -0.390. The highest BCUT2D eigenvalue weighted by Crippen LogP contribution is 2.03. The maximum absolute atomic E-state index is 10.8. The van der Waals surface area contributed by atoms with Crippen LogP contribution in [0.5, 0.6) is 0 Å². The van der Waals surface area contributed by atoms with Gasteiger partial charge in [-0.15, -0.1) is 0 Å². The van der Waals surface area contributed by atoms with Gasteiger partial charge in [0.2, 0.25) is 5.12 Å². The lowest BCUT2D eigenvalue weighted by Crippen LogP contribution is -2.29. The average molecular weight is 165 g/mol. The van der Waals surface area contributed by atoms with E-state index in [0.29, 0.717) is 5.75 Å². The molecular weight excluding hydrogens is 154 g/mol. The van der Waals surface area contributed by atoms with E-state index < -0.39 is 6.04 Å². The smallest absolute Gasteiger partial charge is 0.206 e. The molecule has 0 spiro atoms. The summed E-state index contributed by atoms with van der Waals surface area (Å²) in [5.41, 5.74) is 5.36. The number of thioether (sulfide) groups is 1. The van der Waals surface area contributed by atoms with Crippen LogP contribution in [-0.4, -0.2) is 22.7 Å². The van der Waals surface area contributed by atoms with Gasteiger partial charge in [-0.3, -0.25) is 4.79 Å². The fourth-order valence-corrected chi connectivity index (χ4v) is 1.20. The van der Waals surface area contributed by atoms with Gasteiger partial charge in [-0.05, 0) is 5.75 Å². The molecule has 0 amide bonds. The molecule has 0 aliphatic heterocycles. The predicted molar refractivity (Wildman–Crippen MR) is 45.0 cm³/mol. The molecular formula is C5H11NOS2. The van der Waals surface area contributed by atoms with Gasteiger partial charge in [0, 0.05) is 5.75 Å². The SMILES string of the molecule is CCSC(=O)[C@@H](N)CS. The van der Waals surface area contributed by atoms with Gasteiger partial charge in [0.1, 0.15) is 0 Å². The first kappa shape index (κ1) is 9.33. The Morgan fingerprint density at radius 3 is 2.78 bits per heavy atom. The molecule has 2 N–H and O–H groups in total. The molecule has 0 radical (unpaired) electrons. The maximum Gasteiger partial charge on any atom is 0.206 e. The highest BCUT2D eigenvalue weighted by molar-refractivity contribution is 8.13. The molecule has 0 fully saturated rings. The number of hydrogen-bond acceptors (Lipinski definition) is 4. The number of rotatable bonds is 3. The van der Waals surface area contributed by atoms with Crippen molar-refractivity contribution in [2.24, 2.45) is 5.73 Å². The molecule has 0 bridgehead atoms. The highest BCUT2D eigenvalue weighted by Gasteiger charge is 2.09. The van der Waals surface area contributed by atoms with E-state index in [4.69, 9.17) is 5.73 Å². The van der Waals surface area contributed by atoms with Gasteiger partial charge in [0.25, 0.3) is 0 Å². The first-order valence-corrected chi connectivity index (χ1v) is 4.37. The largest absolute Gasteiger partial charge is 0.320 e. The predicted octanol–water partition coefficient (Wildman–Crippen LogP) is 0.523. The Morgan fingerprint density at radius 1 is 1.89 bits per heavy atom. The second-order valence-electron chi connectivity index (χ2n) is 1.54. The topological polar surface area (TPSA) is 43.1 Å². The summed E-state index contributed by atoms with van der Waals surface area (Å²) in [4.78, 5) is 10.8. The zero-order valence-corrected chi connectivity index (χ0v) is 7.04. The molecule has 54 valence electrons. The lowest BCUT2D eigenvalue weighted by Gasteiger charge is -2.03. The molecule has 0 aromatic heterocycles. The fraction of sp³-hybridized carbons (Fsp3) is 0.800. The van der Waals surface area contributed by atoms with Crippen LogP contribution < -0.4 is 5.73 Å². The minimum Gasteiger partial charge on any atom is -0.320 e. The van der Waals surface area contributed by atoms with Crippen LogP contribution in [0.1, 0.15) is 6.92 Å². The van der Waals surface area contributed by atoms with E-state index in [2.05, 4.69) is 12.6 Å². The first-order valence-electron chi connectivity index (χ1n) is 2.75. The zero-order valence-electron chi connectivity index (χ0n) is 5.33. The zero-order chi connectivity index (χ0) is 7.28. The normalized spacial score (nSPS) is 13.2. The summed E-state index contributed by atoms with van der Waals surface area (Å²) in [6.45, 7) is 1.92. The summed E-state index contributed by atoms with van der Waals surface area (Å²) in [5, 5.41) is 0.0347. The van der Waals surface area contributed by atoms with Gasteiger partial charge in [0.15, 0.2) is 0 Å². The van der Waals surface area contributed by atoms with E-state index in [-0.39, 0.29) is 5.12 Å². The maximum atomic E-state index is 10.8. The van der Waals surface area contributed by atoms with Crippen LogP contribution in [-0.2, 0) is 4.79 Å². The number of nitrogens with two attached hydrogens (primary N) is 1. The third-order valence-electron chi connectivity index (χ3n) is 0.786. The van der Waals surface area contributed by atoms with Crippen molar-refractivity contribution in [1.82, 2.24) is 0 Å². The fourth-order valence-electron chi connectivity index (χ4n) is 0.324. The summed E-state index contributed by atoms with van der Waals surface area (Å²) >= 11 is 5.14.